The van der Waals surface area contributed by atoms with Gasteiger partial charge in [-0.05, 0) is 25.0 Å². The number of unbranched alkanes of at least 4 members (excludes halogenated alkanes) is 2. The van der Waals surface area contributed by atoms with Crippen LogP contribution in [0.3, 0.4) is 0 Å². The highest BCUT2D eigenvalue weighted by Crippen LogP contribution is 2.55. The second kappa shape index (κ2) is 8.60. The Hall–Kier alpha value is -2.25. The lowest BCUT2D eigenvalue weighted by Gasteiger charge is -2.32. The molecule has 0 aliphatic heterocycles. The lowest BCUT2D eigenvalue weighted by atomic mass is 10.1. The second-order valence-electron chi connectivity index (χ2n) is 6.79. The maximum Gasteiger partial charge on any atom is 0.460 e. The molecular weight excluding hydrogens is 481 g/mol. The Labute approximate surface area is 176 Å². The van der Waals surface area contributed by atoms with Crippen LogP contribution in [-0.2, 0) is 16.5 Å². The standard InChI is InChI=1S/C18H16F9NO3S/c1-2-3-4-7-11-10-14(12-8-5-6-9-13(12)28-11)31-32(29,30)18(26,27)16(21,22)15(19,20)17(23,24)25/h5-6,8-10H,2-4,7H2,1H3. The van der Waals surface area contributed by atoms with Crippen molar-refractivity contribution >= 4 is 21.0 Å². The molecule has 1 heterocycles. The molecule has 14 heteroatoms. The predicted molar refractivity (Wildman–Crippen MR) is 95.4 cm³/mol. The van der Waals surface area contributed by atoms with Gasteiger partial charge in [0.2, 0.25) is 0 Å². The van der Waals surface area contributed by atoms with Crippen LogP contribution in [0.25, 0.3) is 10.9 Å². The normalized spacial score (nSPS) is 14.1. The van der Waals surface area contributed by atoms with Crippen LogP contribution in [-0.4, -0.2) is 36.7 Å². The molecule has 0 aliphatic rings. The van der Waals surface area contributed by atoms with E-state index in [1.807, 2.05) is 6.92 Å². The number of pyridine rings is 1. The van der Waals surface area contributed by atoms with Crippen molar-refractivity contribution in [2.75, 3.05) is 0 Å². The molecule has 0 saturated carbocycles. The molecule has 0 atom stereocenters. The summed E-state index contributed by atoms with van der Waals surface area (Å²) >= 11 is 0. The summed E-state index contributed by atoms with van der Waals surface area (Å²) in [5, 5.41) is -7.21. The van der Waals surface area contributed by atoms with Gasteiger partial charge in [-0.1, -0.05) is 31.9 Å². The van der Waals surface area contributed by atoms with Gasteiger partial charge in [0, 0.05) is 17.1 Å². The molecule has 0 fully saturated rings. The molecule has 0 bridgehead atoms. The summed E-state index contributed by atoms with van der Waals surface area (Å²) in [6, 6.07) is 5.96. The minimum Gasteiger partial charge on any atom is -0.377 e. The molecule has 0 spiro atoms. The smallest absolute Gasteiger partial charge is 0.377 e. The van der Waals surface area contributed by atoms with E-state index in [0.717, 1.165) is 18.6 Å². The molecule has 0 unspecified atom stereocenters. The number of aryl methyl sites for hydroxylation is 1. The summed E-state index contributed by atoms with van der Waals surface area (Å²) in [6.07, 6.45) is -4.95. The molecule has 0 aliphatic carbocycles. The average Bonchev–Trinajstić information content (AvgIpc) is 2.66. The topological polar surface area (TPSA) is 56.3 Å². The van der Waals surface area contributed by atoms with Crippen LogP contribution in [0.1, 0.15) is 31.9 Å². The SMILES string of the molecule is CCCCCc1cc(OS(=O)(=O)C(F)(F)C(F)(F)C(F)(F)C(F)(F)F)c2ccccc2n1. The van der Waals surface area contributed by atoms with Gasteiger partial charge >= 0.3 is 33.4 Å². The van der Waals surface area contributed by atoms with Gasteiger partial charge in [0.05, 0.1) is 5.52 Å². The molecule has 1 aromatic carbocycles. The van der Waals surface area contributed by atoms with E-state index in [9.17, 15) is 47.9 Å². The number of halogens is 9. The first-order chi connectivity index (χ1) is 14.5. The Bertz CT molecular complexity index is 1070. The first kappa shape index (κ1) is 26.0. The highest BCUT2D eigenvalue weighted by Gasteiger charge is 2.86. The fraction of sp³-hybridized carbons (Fsp3) is 0.500. The van der Waals surface area contributed by atoms with Gasteiger partial charge in [-0.25, -0.2) is 0 Å². The molecule has 2 aromatic rings. The van der Waals surface area contributed by atoms with Gasteiger partial charge in [-0.3, -0.25) is 4.98 Å². The second-order valence-corrected chi connectivity index (χ2v) is 8.37. The zero-order chi connectivity index (χ0) is 24.6. The number of fused-ring (bicyclic) bond motifs is 1. The molecule has 180 valence electrons. The van der Waals surface area contributed by atoms with Gasteiger partial charge in [0.25, 0.3) is 0 Å². The maximum atomic E-state index is 14.0. The van der Waals surface area contributed by atoms with E-state index in [1.54, 1.807) is 0 Å². The highest BCUT2D eigenvalue weighted by molar-refractivity contribution is 7.88. The van der Waals surface area contributed by atoms with E-state index in [0.29, 0.717) is 12.8 Å². The number of rotatable bonds is 9. The van der Waals surface area contributed by atoms with E-state index < -0.39 is 39.1 Å². The van der Waals surface area contributed by atoms with E-state index >= 15 is 0 Å². The fourth-order valence-electron chi connectivity index (χ4n) is 2.64. The quantitative estimate of drug-likeness (QED) is 0.239. The van der Waals surface area contributed by atoms with Gasteiger partial charge < -0.3 is 4.18 Å². The van der Waals surface area contributed by atoms with Crippen molar-refractivity contribution in [3.8, 4) is 5.75 Å². The molecule has 0 radical (unpaired) electrons. The van der Waals surface area contributed by atoms with Gasteiger partial charge in [0.1, 0.15) is 0 Å². The van der Waals surface area contributed by atoms with Crippen molar-refractivity contribution in [1.82, 2.24) is 4.98 Å². The summed E-state index contributed by atoms with van der Waals surface area (Å²) in [4.78, 5) is 4.14. The zero-order valence-corrected chi connectivity index (χ0v) is 17.0. The fourth-order valence-corrected chi connectivity index (χ4v) is 3.56. The molecule has 4 nitrogen and oxygen atoms in total. The third-order valence-electron chi connectivity index (χ3n) is 4.40. The van der Waals surface area contributed by atoms with E-state index in [1.165, 1.54) is 18.2 Å². The molecule has 0 saturated heterocycles. The molecule has 0 amide bonds. The highest BCUT2D eigenvalue weighted by atomic mass is 32.2. The Morgan fingerprint density at radius 1 is 0.906 bits per heavy atom. The van der Waals surface area contributed by atoms with Crippen molar-refractivity contribution in [1.29, 1.82) is 0 Å². The number of benzene rings is 1. The lowest BCUT2D eigenvalue weighted by molar-refractivity contribution is -0.382. The molecule has 2 rings (SSSR count). The van der Waals surface area contributed by atoms with Crippen LogP contribution in [0.5, 0.6) is 5.75 Å². The Morgan fingerprint density at radius 2 is 1.50 bits per heavy atom. The van der Waals surface area contributed by atoms with Crippen molar-refractivity contribution in [2.45, 2.75) is 55.9 Å². The predicted octanol–water partition coefficient (Wildman–Crippen LogP) is 6.10. The van der Waals surface area contributed by atoms with Crippen LogP contribution in [0.15, 0.2) is 30.3 Å². The van der Waals surface area contributed by atoms with Gasteiger partial charge in [-0.15, -0.1) is 0 Å². The average molecular weight is 497 g/mol. The molecule has 0 N–H and O–H groups in total. The third-order valence-corrected chi connectivity index (χ3v) is 5.68. The first-order valence-electron chi connectivity index (χ1n) is 9.02. The Morgan fingerprint density at radius 3 is 2.06 bits per heavy atom. The van der Waals surface area contributed by atoms with E-state index in [-0.39, 0.29) is 23.0 Å². The summed E-state index contributed by atoms with van der Waals surface area (Å²) < 4.78 is 146. The lowest BCUT2D eigenvalue weighted by Crippen LogP contribution is -2.63. The van der Waals surface area contributed by atoms with Crippen molar-refractivity contribution < 1.29 is 52.1 Å². The number of nitrogens with zero attached hydrogens (tertiary/aromatic N) is 1. The van der Waals surface area contributed by atoms with Crippen LogP contribution in [0.2, 0.25) is 0 Å². The number of para-hydroxylation sites is 1. The van der Waals surface area contributed by atoms with E-state index in [2.05, 4.69) is 9.17 Å². The largest absolute Gasteiger partial charge is 0.460 e. The van der Waals surface area contributed by atoms with Crippen LogP contribution in [0.4, 0.5) is 39.5 Å². The van der Waals surface area contributed by atoms with Crippen molar-refractivity contribution in [2.24, 2.45) is 0 Å². The number of alkyl halides is 9. The minimum absolute atomic E-state index is 0.00222. The summed E-state index contributed by atoms with van der Waals surface area (Å²) in [5.41, 5.74) is 0.112. The number of hydrogen-bond acceptors (Lipinski definition) is 4. The molecular formula is C18H16F9NO3S. The number of hydrogen-bond donors (Lipinski definition) is 0. The Kier molecular flexibility index (Phi) is 6.99. The zero-order valence-electron chi connectivity index (χ0n) is 16.2. The number of aromatic nitrogens is 1. The van der Waals surface area contributed by atoms with Crippen LogP contribution < -0.4 is 4.18 Å². The first-order valence-corrected chi connectivity index (χ1v) is 10.4. The monoisotopic (exact) mass is 497 g/mol. The molecule has 32 heavy (non-hydrogen) atoms. The van der Waals surface area contributed by atoms with Crippen molar-refractivity contribution in [3.05, 3.63) is 36.0 Å². The van der Waals surface area contributed by atoms with Crippen LogP contribution >= 0.6 is 0 Å². The summed E-state index contributed by atoms with van der Waals surface area (Å²) in [6.45, 7) is 1.87. The Balaban J connectivity index is 2.54. The maximum absolute atomic E-state index is 14.0. The summed E-state index contributed by atoms with van der Waals surface area (Å²) in [5.74, 6) is -15.7. The summed E-state index contributed by atoms with van der Waals surface area (Å²) in [7, 11) is -7.04. The third kappa shape index (κ3) is 4.46. The van der Waals surface area contributed by atoms with E-state index in [4.69, 9.17) is 0 Å². The van der Waals surface area contributed by atoms with Gasteiger partial charge in [0.15, 0.2) is 5.75 Å². The minimum atomic E-state index is -7.37. The molecule has 1 aromatic heterocycles. The van der Waals surface area contributed by atoms with Gasteiger partial charge in [-0.2, -0.15) is 47.9 Å². The van der Waals surface area contributed by atoms with Crippen molar-refractivity contribution in [3.63, 3.8) is 0 Å². The van der Waals surface area contributed by atoms with Crippen LogP contribution in [0, 0.1) is 0 Å².